The second kappa shape index (κ2) is 14.9. The van der Waals surface area contributed by atoms with Gasteiger partial charge in [0.25, 0.3) is 0 Å². The molecule has 3 rings (SSSR count). The van der Waals surface area contributed by atoms with E-state index in [1.165, 1.54) is 0 Å². The number of carbonyl (C=O) groups is 1. The number of nitrogens with two attached hydrogens (primary N) is 2. The fourth-order valence-electron chi connectivity index (χ4n) is 3.81. The molecule has 2 aromatic heterocycles. The fourth-order valence-corrected chi connectivity index (χ4v) is 3.81. The van der Waals surface area contributed by atoms with Gasteiger partial charge in [-0.2, -0.15) is 9.97 Å². The Morgan fingerprint density at radius 3 is 2.51 bits per heavy atom. The molecule has 0 aliphatic carbocycles. The lowest BCUT2D eigenvalue weighted by molar-refractivity contribution is -0.125. The molecule has 0 unspecified atom stereocenters. The van der Waals surface area contributed by atoms with E-state index < -0.39 is 0 Å². The van der Waals surface area contributed by atoms with E-state index in [4.69, 9.17) is 16.4 Å². The normalized spacial score (nSPS) is 11.2. The molecular weight excluding hydrogens is 476 g/mol. The predicted octanol–water partition coefficient (Wildman–Crippen LogP) is 1.59. The molecule has 0 atom stereocenters. The van der Waals surface area contributed by atoms with Crippen LogP contribution in [0, 0.1) is 0 Å². The lowest BCUT2D eigenvalue weighted by Gasteiger charge is -2.08. The van der Waals surface area contributed by atoms with Crippen LogP contribution in [0.1, 0.15) is 56.6 Å². The van der Waals surface area contributed by atoms with E-state index in [0.29, 0.717) is 30.9 Å². The van der Waals surface area contributed by atoms with E-state index in [2.05, 4.69) is 49.5 Å². The number of unbranched alkanes of at least 4 members (excludes halogenated alkanes) is 4. The molecule has 0 spiro atoms. The Hall–Kier alpha value is -3.48. The highest BCUT2D eigenvalue weighted by atomic mass is 16.6. The maximum absolute atomic E-state index is 12.6. The Bertz CT molecular complexity index is 1180. The first kappa shape index (κ1) is 28.1. The van der Waals surface area contributed by atoms with Crippen LogP contribution in [0.4, 0.5) is 5.82 Å². The van der Waals surface area contributed by atoms with Crippen LogP contribution in [0.15, 0.2) is 29.1 Å². The van der Waals surface area contributed by atoms with Crippen LogP contribution in [0.25, 0.3) is 11.2 Å². The van der Waals surface area contributed by atoms with E-state index >= 15 is 0 Å². The van der Waals surface area contributed by atoms with E-state index in [1.54, 1.807) is 4.57 Å². The number of anilines is 1. The van der Waals surface area contributed by atoms with Crippen molar-refractivity contribution < 1.29 is 14.4 Å². The zero-order valence-electron chi connectivity index (χ0n) is 21.4. The number of H-pyrrole nitrogens is 1. The average Bonchev–Trinajstić information content (AvgIpc) is 3.20. The largest absolute Gasteiger partial charge is 0.463 e. The zero-order chi connectivity index (χ0) is 26.5. The van der Waals surface area contributed by atoms with Gasteiger partial charge in [-0.1, -0.05) is 50.5 Å². The van der Waals surface area contributed by atoms with Crippen LogP contribution in [0.2, 0.25) is 0 Å². The number of aromatic nitrogens is 4. The Balaban J connectivity index is 1.44. The first-order valence-corrected chi connectivity index (χ1v) is 12.8. The molecule has 0 radical (unpaired) electrons. The van der Waals surface area contributed by atoms with Crippen molar-refractivity contribution in [1.82, 2.24) is 30.2 Å². The molecule has 2 heterocycles. The van der Waals surface area contributed by atoms with Crippen molar-refractivity contribution in [2.24, 2.45) is 5.90 Å². The Morgan fingerprint density at radius 1 is 1.05 bits per heavy atom. The highest BCUT2D eigenvalue weighted by Gasteiger charge is 2.15. The van der Waals surface area contributed by atoms with Gasteiger partial charge < -0.3 is 26.1 Å². The highest BCUT2D eigenvalue weighted by molar-refractivity contribution is 5.82. The number of rotatable bonds is 17. The minimum absolute atomic E-state index is 0.105. The smallest absolute Gasteiger partial charge is 0.328 e. The second-order valence-corrected chi connectivity index (χ2v) is 8.88. The summed E-state index contributed by atoms with van der Waals surface area (Å²) in [5.41, 5.74) is 8.73. The molecular formula is C25H38N8O4. The third-order valence-corrected chi connectivity index (χ3v) is 5.87. The maximum atomic E-state index is 12.6. The molecule has 0 aliphatic heterocycles. The second-order valence-electron chi connectivity index (χ2n) is 8.88. The molecule has 12 nitrogen and oxygen atoms in total. The SMILES string of the molecule is CCCCOc1nc(N)c2[nH]c(=O)n(Cc3ccc(CNCCCCCCNC(=O)CON)cc3)c2n1. The van der Waals surface area contributed by atoms with Crippen LogP contribution in [-0.4, -0.2) is 51.7 Å². The molecule has 0 saturated carbocycles. The zero-order valence-corrected chi connectivity index (χ0v) is 21.4. The molecule has 1 aromatic carbocycles. The summed E-state index contributed by atoms with van der Waals surface area (Å²) in [7, 11) is 0. The van der Waals surface area contributed by atoms with E-state index in [9.17, 15) is 9.59 Å². The lowest BCUT2D eigenvalue weighted by Crippen LogP contribution is -2.29. The number of nitrogens with one attached hydrogen (secondary N) is 3. The van der Waals surface area contributed by atoms with Crippen molar-refractivity contribution in [3.63, 3.8) is 0 Å². The quantitative estimate of drug-likeness (QED) is 0.132. The number of nitrogen functional groups attached to an aromatic ring is 1. The summed E-state index contributed by atoms with van der Waals surface area (Å²) in [6, 6.07) is 8.30. The van der Waals surface area contributed by atoms with Gasteiger partial charge in [-0.15, -0.1) is 0 Å². The molecule has 7 N–H and O–H groups in total. The minimum Gasteiger partial charge on any atom is -0.463 e. The number of hydrogen-bond acceptors (Lipinski definition) is 9. The van der Waals surface area contributed by atoms with Gasteiger partial charge in [0.15, 0.2) is 11.5 Å². The number of amides is 1. The molecule has 37 heavy (non-hydrogen) atoms. The van der Waals surface area contributed by atoms with Crippen LogP contribution in [-0.2, 0) is 22.7 Å². The van der Waals surface area contributed by atoms with Crippen molar-refractivity contribution in [2.45, 2.75) is 58.5 Å². The lowest BCUT2D eigenvalue weighted by atomic mass is 10.1. The van der Waals surface area contributed by atoms with E-state index in [0.717, 1.165) is 62.7 Å². The van der Waals surface area contributed by atoms with E-state index in [-0.39, 0.29) is 30.0 Å². The Labute approximate surface area is 216 Å². The summed E-state index contributed by atoms with van der Waals surface area (Å²) < 4.78 is 7.15. The van der Waals surface area contributed by atoms with Crippen LogP contribution < -0.4 is 32.7 Å². The molecule has 3 aromatic rings. The van der Waals surface area contributed by atoms with Gasteiger partial charge in [-0.25, -0.2) is 10.7 Å². The number of ether oxygens (including phenoxy) is 1. The molecule has 1 amide bonds. The maximum Gasteiger partial charge on any atom is 0.328 e. The van der Waals surface area contributed by atoms with Gasteiger partial charge in [0.05, 0.1) is 13.2 Å². The third kappa shape index (κ3) is 8.85. The van der Waals surface area contributed by atoms with Crippen molar-refractivity contribution in [1.29, 1.82) is 0 Å². The number of carbonyl (C=O) groups excluding carboxylic acids is 1. The van der Waals surface area contributed by atoms with E-state index in [1.807, 2.05) is 12.1 Å². The van der Waals surface area contributed by atoms with Crippen molar-refractivity contribution in [3.8, 4) is 6.01 Å². The number of benzene rings is 1. The summed E-state index contributed by atoms with van der Waals surface area (Å²) in [6.45, 7) is 5.15. The molecule has 12 heteroatoms. The number of fused-ring (bicyclic) bond motifs is 1. The molecule has 0 aliphatic rings. The summed E-state index contributed by atoms with van der Waals surface area (Å²) in [4.78, 5) is 39.4. The average molecular weight is 515 g/mol. The van der Waals surface area contributed by atoms with Crippen LogP contribution in [0.3, 0.4) is 0 Å². The molecule has 0 saturated heterocycles. The van der Waals surface area contributed by atoms with Crippen molar-refractivity contribution in [3.05, 3.63) is 45.9 Å². The van der Waals surface area contributed by atoms with Crippen molar-refractivity contribution >= 4 is 22.9 Å². The highest BCUT2D eigenvalue weighted by Crippen LogP contribution is 2.19. The summed E-state index contributed by atoms with van der Waals surface area (Å²) >= 11 is 0. The van der Waals surface area contributed by atoms with Crippen LogP contribution in [0.5, 0.6) is 6.01 Å². The fraction of sp³-hybridized carbons (Fsp3) is 0.520. The number of aromatic amines is 1. The monoisotopic (exact) mass is 514 g/mol. The van der Waals surface area contributed by atoms with Crippen molar-refractivity contribution in [2.75, 3.05) is 32.0 Å². The first-order valence-electron chi connectivity index (χ1n) is 12.8. The first-order chi connectivity index (χ1) is 18.0. The molecule has 0 bridgehead atoms. The molecule has 202 valence electrons. The number of hydrogen-bond donors (Lipinski definition) is 5. The molecule has 0 fully saturated rings. The standard InChI is InChI=1S/C25H38N8O4/c1-2-3-14-36-24-31-22(26)21-23(32-24)33(25(35)30-21)16-19-10-8-18(9-11-19)15-28-12-6-4-5-7-13-29-20(34)17-37-27/h8-11,28H,2-7,12-17,27H2,1H3,(H,29,34)(H,30,35)(H2,26,31,32). The van der Waals surface area contributed by atoms with Gasteiger partial charge in [0.2, 0.25) is 5.91 Å². The van der Waals surface area contributed by atoms with Crippen LogP contribution >= 0.6 is 0 Å². The summed E-state index contributed by atoms with van der Waals surface area (Å²) in [5, 5.41) is 6.21. The summed E-state index contributed by atoms with van der Waals surface area (Å²) in [6.07, 6.45) is 6.02. The van der Waals surface area contributed by atoms with Gasteiger partial charge in [-0.3, -0.25) is 14.2 Å². The minimum atomic E-state index is -0.292. The number of imidazole rings is 1. The third-order valence-electron chi connectivity index (χ3n) is 5.87. The van der Waals surface area contributed by atoms with Gasteiger partial charge in [-0.05, 0) is 36.9 Å². The Morgan fingerprint density at radius 2 is 1.78 bits per heavy atom. The topological polar surface area (TPSA) is 175 Å². The van der Waals surface area contributed by atoms with Gasteiger partial charge in [0.1, 0.15) is 12.1 Å². The van der Waals surface area contributed by atoms with Gasteiger partial charge >= 0.3 is 11.7 Å². The summed E-state index contributed by atoms with van der Waals surface area (Å²) in [5.74, 6) is 4.86. The predicted molar refractivity (Wildman–Crippen MR) is 142 cm³/mol. The number of nitrogens with zero attached hydrogens (tertiary/aromatic N) is 3. The van der Waals surface area contributed by atoms with Gasteiger partial charge in [0, 0.05) is 13.1 Å². The Kier molecular flexibility index (Phi) is 11.3.